The molecule has 0 radical (unpaired) electrons. The molecule has 2 aliphatic heterocycles. The van der Waals surface area contributed by atoms with E-state index >= 15 is 0 Å². The Balaban J connectivity index is 1.05. The molecular formula is C35H45N5O3. The summed E-state index contributed by atoms with van der Waals surface area (Å²) < 4.78 is 11.8. The van der Waals surface area contributed by atoms with Crippen molar-refractivity contribution in [2.75, 3.05) is 45.1 Å². The summed E-state index contributed by atoms with van der Waals surface area (Å²) in [7, 11) is 0. The Morgan fingerprint density at radius 2 is 1.77 bits per heavy atom. The molecule has 0 bridgehead atoms. The number of rotatable bonds is 9. The van der Waals surface area contributed by atoms with E-state index in [0.717, 1.165) is 81.9 Å². The monoisotopic (exact) mass is 583 g/mol. The minimum absolute atomic E-state index is 0.0183. The summed E-state index contributed by atoms with van der Waals surface area (Å²) in [6, 6.07) is 17.5. The summed E-state index contributed by atoms with van der Waals surface area (Å²) >= 11 is 0. The molecule has 1 aromatic heterocycles. The molecule has 3 atom stereocenters. The lowest BCUT2D eigenvalue weighted by Gasteiger charge is -2.32. The van der Waals surface area contributed by atoms with Gasteiger partial charge in [-0.3, -0.25) is 14.6 Å². The first-order valence-electron chi connectivity index (χ1n) is 15.8. The number of ether oxygens (including phenoxy) is 2. The topological polar surface area (TPSA) is 93.0 Å². The summed E-state index contributed by atoms with van der Waals surface area (Å²) in [5, 5.41) is 3.20. The molecule has 1 amide bonds. The SMILES string of the molecule is Cc1ccc(CO[C@H]2CCC[C@@H]2NC(=O)c2cc(-c3ccc(CN4CCC(N5CCOCC5)C4)cc3)cnc2N)cc1C. The van der Waals surface area contributed by atoms with E-state index < -0.39 is 0 Å². The number of aryl methyl sites for hydroxylation is 2. The highest BCUT2D eigenvalue weighted by atomic mass is 16.5. The van der Waals surface area contributed by atoms with Crippen LogP contribution in [0.15, 0.2) is 54.7 Å². The number of morpholine rings is 1. The van der Waals surface area contributed by atoms with E-state index in [-0.39, 0.29) is 23.9 Å². The summed E-state index contributed by atoms with van der Waals surface area (Å²) in [4.78, 5) is 22.9. The number of aromatic nitrogens is 1. The van der Waals surface area contributed by atoms with Gasteiger partial charge in [-0.05, 0) is 73.4 Å². The third-order valence-electron chi connectivity index (χ3n) is 9.47. The normalized spacial score (nSPS) is 23.1. The standard InChI is InChI=1S/C35H45N5O3/c1-24-6-7-27(18-25(24)2)23-43-33-5-3-4-32(33)38-35(41)31-19-29(20-37-34(31)36)28-10-8-26(9-11-28)21-39-13-12-30(22-39)40-14-16-42-17-15-40/h6-11,18-20,30,32-33H,3-5,12-17,21-23H2,1-2H3,(H2,36,37)(H,38,41)/t30?,32-,33-/m0/s1. The molecule has 2 saturated heterocycles. The predicted octanol–water partition coefficient (Wildman–Crippen LogP) is 4.72. The molecule has 3 N–H and O–H groups in total. The largest absolute Gasteiger partial charge is 0.383 e. The number of anilines is 1. The first-order valence-corrected chi connectivity index (χ1v) is 15.8. The third-order valence-corrected chi connectivity index (χ3v) is 9.47. The number of likely N-dealkylation sites (tertiary alicyclic amines) is 1. The average Bonchev–Trinajstić information content (AvgIpc) is 3.68. The van der Waals surface area contributed by atoms with E-state index in [1.807, 2.05) is 6.07 Å². The van der Waals surface area contributed by atoms with Crippen LogP contribution in [0.4, 0.5) is 5.82 Å². The molecule has 0 spiro atoms. The fourth-order valence-corrected chi connectivity index (χ4v) is 6.71. The van der Waals surface area contributed by atoms with Gasteiger partial charge in [0.25, 0.3) is 5.91 Å². The molecule has 6 rings (SSSR count). The molecule has 2 aromatic carbocycles. The minimum atomic E-state index is -0.195. The second-order valence-corrected chi connectivity index (χ2v) is 12.5. The summed E-state index contributed by atoms with van der Waals surface area (Å²) in [5.74, 6) is 0.0475. The number of carbonyl (C=O) groups is 1. The predicted molar refractivity (Wildman–Crippen MR) is 170 cm³/mol. The Morgan fingerprint density at radius 3 is 2.56 bits per heavy atom. The van der Waals surface area contributed by atoms with Gasteiger partial charge in [-0.15, -0.1) is 0 Å². The zero-order chi connectivity index (χ0) is 29.8. The second-order valence-electron chi connectivity index (χ2n) is 12.5. The molecule has 228 valence electrons. The smallest absolute Gasteiger partial charge is 0.255 e. The number of nitrogens with two attached hydrogens (primary N) is 1. The number of carbonyl (C=O) groups excluding carboxylic acids is 1. The van der Waals surface area contributed by atoms with Crippen LogP contribution >= 0.6 is 0 Å². The number of nitrogen functional groups attached to an aromatic ring is 1. The molecule has 43 heavy (non-hydrogen) atoms. The van der Waals surface area contributed by atoms with Gasteiger partial charge in [0.2, 0.25) is 0 Å². The van der Waals surface area contributed by atoms with Crippen molar-refractivity contribution >= 4 is 11.7 Å². The Labute approximate surface area is 255 Å². The lowest BCUT2D eigenvalue weighted by atomic mass is 10.0. The Kier molecular flexibility index (Phi) is 9.38. The molecule has 3 heterocycles. The Morgan fingerprint density at radius 1 is 0.977 bits per heavy atom. The van der Waals surface area contributed by atoms with Crippen LogP contribution in [0.2, 0.25) is 0 Å². The van der Waals surface area contributed by atoms with Crippen molar-refractivity contribution in [3.05, 3.63) is 82.5 Å². The van der Waals surface area contributed by atoms with Crippen molar-refractivity contribution in [2.24, 2.45) is 0 Å². The van der Waals surface area contributed by atoms with Gasteiger partial charge in [0.05, 0.1) is 37.5 Å². The van der Waals surface area contributed by atoms with Crippen LogP contribution in [-0.4, -0.2) is 78.3 Å². The number of nitrogens with one attached hydrogen (secondary N) is 1. The van der Waals surface area contributed by atoms with Crippen LogP contribution in [0.3, 0.4) is 0 Å². The number of amides is 1. The van der Waals surface area contributed by atoms with Crippen LogP contribution in [0.25, 0.3) is 11.1 Å². The van der Waals surface area contributed by atoms with Crippen molar-refractivity contribution in [2.45, 2.75) is 70.9 Å². The number of nitrogens with zero attached hydrogens (tertiary/aromatic N) is 3. The molecule has 1 unspecified atom stereocenters. The van der Waals surface area contributed by atoms with Crippen LogP contribution in [0.1, 0.15) is 58.3 Å². The van der Waals surface area contributed by atoms with E-state index in [1.54, 1.807) is 6.20 Å². The van der Waals surface area contributed by atoms with Crippen molar-refractivity contribution in [3.63, 3.8) is 0 Å². The molecule has 3 aliphatic rings. The van der Waals surface area contributed by atoms with Crippen LogP contribution < -0.4 is 11.1 Å². The maximum Gasteiger partial charge on any atom is 0.255 e. The van der Waals surface area contributed by atoms with Gasteiger partial charge in [0.15, 0.2) is 0 Å². The van der Waals surface area contributed by atoms with Crippen molar-refractivity contribution in [3.8, 4) is 11.1 Å². The molecule has 3 fully saturated rings. The highest BCUT2D eigenvalue weighted by molar-refractivity contribution is 5.99. The summed E-state index contributed by atoms with van der Waals surface area (Å²) in [6.45, 7) is 11.8. The highest BCUT2D eigenvalue weighted by Gasteiger charge is 2.31. The number of pyridine rings is 1. The minimum Gasteiger partial charge on any atom is -0.383 e. The molecule has 1 aliphatic carbocycles. The maximum absolute atomic E-state index is 13.4. The zero-order valence-corrected chi connectivity index (χ0v) is 25.6. The van der Waals surface area contributed by atoms with Crippen LogP contribution in [0, 0.1) is 13.8 Å². The summed E-state index contributed by atoms with van der Waals surface area (Å²) in [5.41, 5.74) is 13.5. The third kappa shape index (κ3) is 7.27. The maximum atomic E-state index is 13.4. The number of benzene rings is 2. The van der Waals surface area contributed by atoms with E-state index in [4.69, 9.17) is 15.2 Å². The van der Waals surface area contributed by atoms with Gasteiger partial charge in [-0.1, -0.05) is 42.5 Å². The molecule has 8 nitrogen and oxygen atoms in total. The number of hydrogen-bond donors (Lipinski definition) is 2. The average molecular weight is 584 g/mol. The van der Waals surface area contributed by atoms with E-state index in [0.29, 0.717) is 18.2 Å². The van der Waals surface area contributed by atoms with E-state index in [2.05, 4.69) is 76.4 Å². The highest BCUT2D eigenvalue weighted by Crippen LogP contribution is 2.27. The number of hydrogen-bond acceptors (Lipinski definition) is 7. The van der Waals surface area contributed by atoms with Crippen LogP contribution in [0.5, 0.6) is 0 Å². The van der Waals surface area contributed by atoms with E-state index in [1.165, 1.54) is 23.1 Å². The van der Waals surface area contributed by atoms with Gasteiger partial charge in [-0.2, -0.15) is 0 Å². The van der Waals surface area contributed by atoms with Crippen molar-refractivity contribution in [1.29, 1.82) is 0 Å². The first-order chi connectivity index (χ1) is 20.9. The Bertz CT molecular complexity index is 1410. The quantitative estimate of drug-likeness (QED) is 0.377. The fraction of sp³-hybridized carbons (Fsp3) is 0.486. The van der Waals surface area contributed by atoms with Crippen molar-refractivity contribution < 1.29 is 14.3 Å². The first kappa shape index (κ1) is 29.8. The summed E-state index contributed by atoms with van der Waals surface area (Å²) in [6.07, 6.45) is 5.80. The van der Waals surface area contributed by atoms with E-state index in [9.17, 15) is 4.79 Å². The van der Waals surface area contributed by atoms with Crippen LogP contribution in [-0.2, 0) is 22.6 Å². The molecular weight excluding hydrogens is 538 g/mol. The second kappa shape index (κ2) is 13.6. The molecule has 3 aromatic rings. The van der Waals surface area contributed by atoms with Gasteiger partial charge >= 0.3 is 0 Å². The zero-order valence-electron chi connectivity index (χ0n) is 25.6. The molecule has 8 heteroatoms. The van der Waals surface area contributed by atoms with Gasteiger partial charge < -0.3 is 20.5 Å². The van der Waals surface area contributed by atoms with Gasteiger partial charge in [0, 0.05) is 50.5 Å². The van der Waals surface area contributed by atoms with Gasteiger partial charge in [-0.25, -0.2) is 4.98 Å². The Hall–Kier alpha value is -3.30. The molecule has 1 saturated carbocycles. The fourth-order valence-electron chi connectivity index (χ4n) is 6.71. The lowest BCUT2D eigenvalue weighted by molar-refractivity contribution is 0.0184. The lowest BCUT2D eigenvalue weighted by Crippen LogP contribution is -2.44. The van der Waals surface area contributed by atoms with Crippen molar-refractivity contribution in [1.82, 2.24) is 20.1 Å². The van der Waals surface area contributed by atoms with Gasteiger partial charge in [0.1, 0.15) is 5.82 Å².